The molecule has 0 spiro atoms. The van der Waals surface area contributed by atoms with Crippen LogP contribution in [0.1, 0.15) is 24.5 Å². The summed E-state index contributed by atoms with van der Waals surface area (Å²) in [4.78, 5) is 15.8. The number of aliphatic hydroxyl groups is 1. The Labute approximate surface area is 129 Å². The maximum Gasteiger partial charge on any atom is 0.319 e. The molecule has 1 aromatic carbocycles. The van der Waals surface area contributed by atoms with E-state index in [1.54, 1.807) is 24.5 Å². The van der Waals surface area contributed by atoms with Gasteiger partial charge in [0.25, 0.3) is 0 Å². The second kappa shape index (κ2) is 6.15. The first-order valence-electron chi connectivity index (χ1n) is 7.37. The van der Waals surface area contributed by atoms with Crippen molar-refractivity contribution in [2.45, 2.75) is 18.9 Å². The summed E-state index contributed by atoms with van der Waals surface area (Å²) in [6.45, 7) is 0.458. The third-order valence-electron chi connectivity index (χ3n) is 4.13. The number of amides is 2. The normalized spacial score (nSPS) is 16.6. The van der Waals surface area contributed by atoms with Gasteiger partial charge >= 0.3 is 6.03 Å². The zero-order valence-corrected chi connectivity index (χ0v) is 12.2. The second-order valence-corrected chi connectivity index (χ2v) is 5.72. The molecule has 0 aliphatic heterocycles. The van der Waals surface area contributed by atoms with E-state index in [2.05, 4.69) is 15.6 Å². The fourth-order valence-corrected chi connectivity index (χ4v) is 2.56. The largest absolute Gasteiger partial charge is 0.388 e. The smallest absolute Gasteiger partial charge is 0.319 e. The SMILES string of the molecule is O=C(NCC1(C(O)c2ccccc2)CC1)Nc1ccncc1. The van der Waals surface area contributed by atoms with Crippen LogP contribution in [0.4, 0.5) is 10.5 Å². The highest BCUT2D eigenvalue weighted by Gasteiger charge is 2.49. The molecule has 1 heterocycles. The predicted molar refractivity (Wildman–Crippen MR) is 84.3 cm³/mol. The van der Waals surface area contributed by atoms with Gasteiger partial charge in [-0.25, -0.2) is 4.79 Å². The van der Waals surface area contributed by atoms with E-state index in [4.69, 9.17) is 0 Å². The first kappa shape index (κ1) is 14.5. The molecule has 2 aromatic rings. The molecule has 3 rings (SSSR count). The minimum Gasteiger partial charge on any atom is -0.388 e. The standard InChI is InChI=1S/C17H19N3O2/c21-15(13-4-2-1-3-5-13)17(8-9-17)12-19-16(22)20-14-6-10-18-11-7-14/h1-7,10-11,15,21H,8-9,12H2,(H2,18,19,20,22). The van der Waals surface area contributed by atoms with Gasteiger partial charge < -0.3 is 15.7 Å². The molecule has 1 aliphatic rings. The van der Waals surface area contributed by atoms with E-state index in [1.165, 1.54) is 0 Å². The van der Waals surface area contributed by atoms with Crippen LogP contribution in [-0.4, -0.2) is 22.7 Å². The van der Waals surface area contributed by atoms with Crippen LogP contribution in [0.2, 0.25) is 0 Å². The van der Waals surface area contributed by atoms with E-state index in [9.17, 15) is 9.90 Å². The van der Waals surface area contributed by atoms with Gasteiger partial charge in [-0.15, -0.1) is 0 Å². The number of aromatic nitrogens is 1. The predicted octanol–water partition coefficient (Wildman–Crippen LogP) is 2.72. The highest BCUT2D eigenvalue weighted by atomic mass is 16.3. The topological polar surface area (TPSA) is 74.2 Å². The fourth-order valence-electron chi connectivity index (χ4n) is 2.56. The Morgan fingerprint density at radius 3 is 2.50 bits per heavy atom. The average Bonchev–Trinajstić information content (AvgIpc) is 3.35. The summed E-state index contributed by atoms with van der Waals surface area (Å²) < 4.78 is 0. The third kappa shape index (κ3) is 3.26. The van der Waals surface area contributed by atoms with Crippen molar-refractivity contribution in [1.29, 1.82) is 0 Å². The second-order valence-electron chi connectivity index (χ2n) is 5.72. The van der Waals surface area contributed by atoms with Gasteiger partial charge in [0.1, 0.15) is 0 Å². The molecule has 0 bridgehead atoms. The third-order valence-corrected chi connectivity index (χ3v) is 4.13. The Morgan fingerprint density at radius 1 is 1.18 bits per heavy atom. The Balaban J connectivity index is 1.56. The van der Waals surface area contributed by atoms with Crippen LogP contribution in [0.25, 0.3) is 0 Å². The fraction of sp³-hybridized carbons (Fsp3) is 0.294. The van der Waals surface area contributed by atoms with Crippen LogP contribution in [0.15, 0.2) is 54.9 Å². The Bertz CT molecular complexity index is 627. The zero-order valence-electron chi connectivity index (χ0n) is 12.2. The summed E-state index contributed by atoms with van der Waals surface area (Å²) in [5.41, 5.74) is 1.36. The lowest BCUT2D eigenvalue weighted by Crippen LogP contribution is -2.36. The Kier molecular flexibility index (Phi) is 4.06. The van der Waals surface area contributed by atoms with Gasteiger partial charge in [0.05, 0.1) is 6.10 Å². The van der Waals surface area contributed by atoms with E-state index in [0.717, 1.165) is 18.4 Å². The zero-order chi connectivity index (χ0) is 15.4. The van der Waals surface area contributed by atoms with Crippen molar-refractivity contribution in [1.82, 2.24) is 10.3 Å². The van der Waals surface area contributed by atoms with Gasteiger partial charge in [0.15, 0.2) is 0 Å². The van der Waals surface area contributed by atoms with Gasteiger partial charge in [-0.3, -0.25) is 4.98 Å². The minimum absolute atomic E-state index is 0.239. The molecule has 1 saturated carbocycles. The number of nitrogens with zero attached hydrogens (tertiary/aromatic N) is 1. The van der Waals surface area contributed by atoms with Crippen molar-refractivity contribution in [2.24, 2.45) is 5.41 Å². The number of aliphatic hydroxyl groups excluding tert-OH is 1. The van der Waals surface area contributed by atoms with Crippen molar-refractivity contribution in [3.8, 4) is 0 Å². The van der Waals surface area contributed by atoms with Gasteiger partial charge in [-0.05, 0) is 30.5 Å². The molecule has 3 N–H and O–H groups in total. The highest BCUT2D eigenvalue weighted by molar-refractivity contribution is 5.89. The first-order valence-corrected chi connectivity index (χ1v) is 7.37. The average molecular weight is 297 g/mol. The van der Waals surface area contributed by atoms with E-state index in [0.29, 0.717) is 12.2 Å². The van der Waals surface area contributed by atoms with E-state index < -0.39 is 6.10 Å². The van der Waals surface area contributed by atoms with Crippen molar-refractivity contribution >= 4 is 11.7 Å². The molecule has 0 radical (unpaired) electrons. The lowest BCUT2D eigenvalue weighted by atomic mass is 9.93. The number of pyridine rings is 1. The van der Waals surface area contributed by atoms with E-state index >= 15 is 0 Å². The van der Waals surface area contributed by atoms with Crippen LogP contribution in [-0.2, 0) is 0 Å². The molecule has 114 valence electrons. The van der Waals surface area contributed by atoms with Gasteiger partial charge in [-0.1, -0.05) is 30.3 Å². The lowest BCUT2D eigenvalue weighted by molar-refractivity contribution is 0.0936. The maximum atomic E-state index is 11.9. The van der Waals surface area contributed by atoms with Crippen LogP contribution in [0, 0.1) is 5.41 Å². The summed E-state index contributed by atoms with van der Waals surface area (Å²) in [6, 6.07) is 12.8. The number of carbonyl (C=O) groups is 1. The number of urea groups is 1. The van der Waals surface area contributed by atoms with Crippen LogP contribution >= 0.6 is 0 Å². The molecular formula is C17H19N3O2. The monoisotopic (exact) mass is 297 g/mol. The van der Waals surface area contributed by atoms with Gasteiger partial charge in [0.2, 0.25) is 0 Å². The molecule has 1 fully saturated rings. The molecule has 1 atom stereocenters. The summed E-state index contributed by atoms with van der Waals surface area (Å²) in [5, 5.41) is 16.1. The summed E-state index contributed by atoms with van der Waals surface area (Å²) in [5.74, 6) is 0. The summed E-state index contributed by atoms with van der Waals surface area (Å²) in [7, 11) is 0. The quantitative estimate of drug-likeness (QED) is 0.794. The first-order chi connectivity index (χ1) is 10.7. The molecule has 1 aliphatic carbocycles. The Morgan fingerprint density at radius 2 is 1.86 bits per heavy atom. The molecule has 5 nitrogen and oxygen atoms in total. The number of nitrogens with one attached hydrogen (secondary N) is 2. The highest BCUT2D eigenvalue weighted by Crippen LogP contribution is 2.54. The van der Waals surface area contributed by atoms with Gasteiger partial charge in [-0.2, -0.15) is 0 Å². The molecular weight excluding hydrogens is 278 g/mol. The van der Waals surface area contributed by atoms with Crippen LogP contribution < -0.4 is 10.6 Å². The minimum atomic E-state index is -0.546. The van der Waals surface area contributed by atoms with E-state index in [-0.39, 0.29) is 11.4 Å². The van der Waals surface area contributed by atoms with Crippen LogP contribution in [0.5, 0.6) is 0 Å². The number of hydrogen-bond donors (Lipinski definition) is 3. The summed E-state index contributed by atoms with van der Waals surface area (Å²) in [6.07, 6.45) is 4.53. The number of hydrogen-bond acceptors (Lipinski definition) is 3. The molecule has 22 heavy (non-hydrogen) atoms. The van der Waals surface area contributed by atoms with Crippen molar-refractivity contribution in [3.63, 3.8) is 0 Å². The number of carbonyl (C=O) groups excluding carboxylic acids is 1. The molecule has 1 aromatic heterocycles. The number of anilines is 1. The maximum absolute atomic E-state index is 11.9. The number of benzene rings is 1. The van der Waals surface area contributed by atoms with Gasteiger partial charge in [0, 0.05) is 30.0 Å². The Hall–Kier alpha value is -2.40. The lowest BCUT2D eigenvalue weighted by Gasteiger charge is -2.23. The molecule has 5 heteroatoms. The number of rotatable bonds is 5. The van der Waals surface area contributed by atoms with Crippen molar-refractivity contribution in [2.75, 3.05) is 11.9 Å². The van der Waals surface area contributed by atoms with Crippen LogP contribution in [0.3, 0.4) is 0 Å². The molecule has 0 saturated heterocycles. The molecule has 2 amide bonds. The molecule has 1 unspecified atom stereocenters. The van der Waals surface area contributed by atoms with Crippen molar-refractivity contribution in [3.05, 3.63) is 60.4 Å². The summed E-state index contributed by atoms with van der Waals surface area (Å²) >= 11 is 0. The van der Waals surface area contributed by atoms with Crippen molar-refractivity contribution < 1.29 is 9.90 Å². The van der Waals surface area contributed by atoms with E-state index in [1.807, 2.05) is 30.3 Å².